The first-order chi connectivity index (χ1) is 10.5. The van der Waals surface area contributed by atoms with Crippen molar-refractivity contribution < 1.29 is 9.59 Å². The van der Waals surface area contributed by atoms with E-state index in [0.29, 0.717) is 13.1 Å². The molecule has 0 aliphatic carbocycles. The van der Waals surface area contributed by atoms with Gasteiger partial charge in [-0.1, -0.05) is 13.8 Å². The van der Waals surface area contributed by atoms with E-state index in [0.717, 1.165) is 12.8 Å². The zero-order valence-corrected chi connectivity index (χ0v) is 13.1. The normalized spacial score (nSPS) is 20.0. The van der Waals surface area contributed by atoms with Gasteiger partial charge in [0, 0.05) is 13.1 Å². The molecular weight excluding hydrogens is 284 g/mol. The molecule has 1 saturated heterocycles. The largest absolute Gasteiger partial charge is 0.346 e. The number of likely N-dealkylation sites (tertiary alicyclic amines) is 1. The average Bonchev–Trinajstić information content (AvgIpc) is 3.06. The highest BCUT2D eigenvalue weighted by molar-refractivity contribution is 5.87. The van der Waals surface area contributed by atoms with Crippen LogP contribution in [0.4, 0.5) is 0 Å². The highest BCUT2D eigenvalue weighted by Crippen LogP contribution is 2.20. The monoisotopic (exact) mass is 308 g/mol. The Kier molecular flexibility index (Phi) is 5.48. The smallest absolute Gasteiger partial charge is 0.242 e. The molecular formula is C14H24N6O2. The fraction of sp³-hybridized carbons (Fsp3) is 0.714. The summed E-state index contributed by atoms with van der Waals surface area (Å²) in [7, 11) is 0. The third kappa shape index (κ3) is 4.03. The second kappa shape index (κ2) is 7.35. The molecule has 2 atom stereocenters. The summed E-state index contributed by atoms with van der Waals surface area (Å²) in [4.78, 5) is 29.7. The second-order valence-corrected chi connectivity index (χ2v) is 6.00. The molecule has 1 aliphatic rings. The highest BCUT2D eigenvalue weighted by atomic mass is 16.2. The van der Waals surface area contributed by atoms with Crippen LogP contribution >= 0.6 is 0 Å². The van der Waals surface area contributed by atoms with Crippen LogP contribution < -0.4 is 11.1 Å². The van der Waals surface area contributed by atoms with Crippen molar-refractivity contribution in [3.63, 3.8) is 0 Å². The number of nitrogens with one attached hydrogen (secondary N) is 1. The molecule has 0 bridgehead atoms. The predicted octanol–water partition coefficient (Wildman–Crippen LogP) is -0.459. The number of nitrogens with zero attached hydrogens (tertiary/aromatic N) is 4. The van der Waals surface area contributed by atoms with Gasteiger partial charge in [-0.25, -0.2) is 9.67 Å². The van der Waals surface area contributed by atoms with E-state index in [1.54, 1.807) is 15.9 Å². The summed E-state index contributed by atoms with van der Waals surface area (Å²) in [5, 5.41) is 6.75. The van der Waals surface area contributed by atoms with E-state index in [1.165, 1.54) is 6.33 Å². The van der Waals surface area contributed by atoms with Crippen LogP contribution in [0.5, 0.6) is 0 Å². The first-order valence-electron chi connectivity index (χ1n) is 7.64. The van der Waals surface area contributed by atoms with Gasteiger partial charge in [-0.05, 0) is 18.8 Å². The summed E-state index contributed by atoms with van der Waals surface area (Å²) in [6.07, 6.45) is 5.05. The number of rotatable bonds is 5. The molecule has 22 heavy (non-hydrogen) atoms. The van der Waals surface area contributed by atoms with Gasteiger partial charge in [0.1, 0.15) is 12.7 Å². The molecule has 1 fully saturated rings. The van der Waals surface area contributed by atoms with Crippen molar-refractivity contribution in [3.8, 4) is 0 Å². The molecule has 122 valence electrons. The van der Waals surface area contributed by atoms with Gasteiger partial charge < -0.3 is 16.0 Å². The Morgan fingerprint density at radius 3 is 2.86 bits per heavy atom. The van der Waals surface area contributed by atoms with Crippen molar-refractivity contribution in [2.45, 2.75) is 38.8 Å². The van der Waals surface area contributed by atoms with E-state index >= 15 is 0 Å². The minimum atomic E-state index is -0.586. The van der Waals surface area contributed by atoms with E-state index in [-0.39, 0.29) is 30.3 Å². The van der Waals surface area contributed by atoms with Crippen molar-refractivity contribution in [1.82, 2.24) is 25.0 Å². The van der Waals surface area contributed by atoms with Gasteiger partial charge in [0.2, 0.25) is 11.8 Å². The number of piperidine rings is 1. The van der Waals surface area contributed by atoms with Crippen molar-refractivity contribution in [1.29, 1.82) is 0 Å². The first-order valence-corrected chi connectivity index (χ1v) is 7.64. The fourth-order valence-corrected chi connectivity index (χ4v) is 2.50. The fourth-order valence-electron chi connectivity index (χ4n) is 2.50. The summed E-state index contributed by atoms with van der Waals surface area (Å²) in [5.74, 6) is -0.330. The molecule has 2 heterocycles. The van der Waals surface area contributed by atoms with E-state index in [4.69, 9.17) is 5.73 Å². The van der Waals surface area contributed by atoms with Gasteiger partial charge in [0.05, 0.1) is 18.6 Å². The molecule has 1 unspecified atom stereocenters. The number of carbonyl (C=O) groups excluding carboxylic acids is 2. The zero-order chi connectivity index (χ0) is 16.1. The number of aromatic nitrogens is 3. The molecule has 0 spiro atoms. The average molecular weight is 308 g/mol. The Labute approximate surface area is 130 Å². The maximum Gasteiger partial charge on any atom is 0.242 e. The lowest BCUT2D eigenvalue weighted by molar-refractivity contribution is -0.134. The number of amides is 2. The minimum Gasteiger partial charge on any atom is -0.346 e. The zero-order valence-electron chi connectivity index (χ0n) is 13.1. The molecule has 0 aromatic carbocycles. The SMILES string of the molecule is CC(C)[C@H](N)C(=O)NCC(=O)N1CCCC(n2cncn2)C1. The molecule has 0 saturated carbocycles. The minimum absolute atomic E-state index is 0.0106. The molecule has 1 aromatic rings. The van der Waals surface area contributed by atoms with Crippen LogP contribution in [0.25, 0.3) is 0 Å². The topological polar surface area (TPSA) is 106 Å². The maximum absolute atomic E-state index is 12.2. The van der Waals surface area contributed by atoms with Crippen LogP contribution in [0.15, 0.2) is 12.7 Å². The first kappa shape index (κ1) is 16.4. The van der Waals surface area contributed by atoms with E-state index in [9.17, 15) is 9.59 Å². The van der Waals surface area contributed by atoms with Crippen molar-refractivity contribution >= 4 is 11.8 Å². The van der Waals surface area contributed by atoms with Gasteiger partial charge in [0.15, 0.2) is 0 Å². The Bertz CT molecular complexity index is 501. The van der Waals surface area contributed by atoms with Crippen LogP contribution in [0.2, 0.25) is 0 Å². The highest BCUT2D eigenvalue weighted by Gasteiger charge is 2.26. The molecule has 1 aromatic heterocycles. The molecule has 1 aliphatic heterocycles. The van der Waals surface area contributed by atoms with Crippen LogP contribution in [0, 0.1) is 5.92 Å². The Hall–Kier alpha value is -1.96. The van der Waals surface area contributed by atoms with Gasteiger partial charge in [0.25, 0.3) is 0 Å². The summed E-state index contributed by atoms with van der Waals surface area (Å²) >= 11 is 0. The standard InChI is InChI=1S/C14H24N6O2/c1-10(2)13(15)14(22)17-6-12(21)19-5-3-4-11(7-19)20-9-16-8-18-20/h8-11,13H,3-7,15H2,1-2H3,(H,17,22)/t11?,13-/m0/s1. The Morgan fingerprint density at radius 1 is 1.45 bits per heavy atom. The molecule has 0 radical (unpaired) electrons. The number of hydrogen-bond acceptors (Lipinski definition) is 5. The molecule has 2 amide bonds. The van der Waals surface area contributed by atoms with E-state index in [1.807, 2.05) is 13.8 Å². The second-order valence-electron chi connectivity index (χ2n) is 6.00. The number of carbonyl (C=O) groups is 2. The summed E-state index contributed by atoms with van der Waals surface area (Å²) in [5.41, 5.74) is 5.76. The van der Waals surface area contributed by atoms with Gasteiger partial charge >= 0.3 is 0 Å². The molecule has 8 nitrogen and oxygen atoms in total. The van der Waals surface area contributed by atoms with Crippen LogP contribution in [-0.2, 0) is 9.59 Å². The molecule has 8 heteroatoms. The van der Waals surface area contributed by atoms with Crippen LogP contribution in [-0.4, -0.2) is 57.2 Å². The maximum atomic E-state index is 12.2. The lowest BCUT2D eigenvalue weighted by Gasteiger charge is -2.32. The quantitative estimate of drug-likeness (QED) is 0.765. The van der Waals surface area contributed by atoms with Crippen molar-refractivity contribution in [2.75, 3.05) is 19.6 Å². The van der Waals surface area contributed by atoms with Crippen LogP contribution in [0.1, 0.15) is 32.7 Å². The van der Waals surface area contributed by atoms with E-state index < -0.39 is 6.04 Å². The number of hydrogen-bond donors (Lipinski definition) is 2. The van der Waals surface area contributed by atoms with Gasteiger partial charge in [-0.3, -0.25) is 9.59 Å². The van der Waals surface area contributed by atoms with Gasteiger partial charge in [-0.2, -0.15) is 5.10 Å². The lowest BCUT2D eigenvalue weighted by Crippen LogP contribution is -2.49. The number of nitrogens with two attached hydrogens (primary N) is 1. The Balaban J connectivity index is 1.83. The van der Waals surface area contributed by atoms with Crippen molar-refractivity contribution in [2.24, 2.45) is 11.7 Å². The van der Waals surface area contributed by atoms with Crippen LogP contribution in [0.3, 0.4) is 0 Å². The third-order valence-corrected chi connectivity index (χ3v) is 3.99. The predicted molar refractivity (Wildman–Crippen MR) is 80.7 cm³/mol. The van der Waals surface area contributed by atoms with E-state index in [2.05, 4.69) is 15.4 Å². The molecule has 2 rings (SSSR count). The third-order valence-electron chi connectivity index (χ3n) is 3.99. The summed E-state index contributed by atoms with van der Waals surface area (Å²) < 4.78 is 1.78. The summed E-state index contributed by atoms with van der Waals surface area (Å²) in [6.45, 7) is 5.03. The summed E-state index contributed by atoms with van der Waals surface area (Å²) in [6, 6.07) is -0.439. The Morgan fingerprint density at radius 2 is 2.23 bits per heavy atom. The lowest BCUT2D eigenvalue weighted by atomic mass is 10.0. The molecule has 3 N–H and O–H groups in total. The van der Waals surface area contributed by atoms with Gasteiger partial charge in [-0.15, -0.1) is 0 Å². The van der Waals surface area contributed by atoms with Crippen molar-refractivity contribution in [3.05, 3.63) is 12.7 Å².